The Hall–Kier alpha value is -1.60. The maximum absolute atomic E-state index is 14.8. The molecule has 1 fully saturated rings. The van der Waals surface area contributed by atoms with Crippen LogP contribution >= 0.6 is 31.9 Å². The number of carbonyl (C=O) groups is 1. The lowest BCUT2D eigenvalue weighted by Gasteiger charge is -2.11. The Kier molecular flexibility index (Phi) is 6.05. The van der Waals surface area contributed by atoms with Crippen molar-refractivity contribution >= 4 is 37.8 Å². The summed E-state index contributed by atoms with van der Waals surface area (Å²) in [5.74, 6) is -2.88. The molecular weight excluding hydrogens is 501 g/mol. The van der Waals surface area contributed by atoms with Gasteiger partial charge >= 0.3 is 5.97 Å². The van der Waals surface area contributed by atoms with E-state index in [0.29, 0.717) is 0 Å². The van der Waals surface area contributed by atoms with Crippen molar-refractivity contribution in [2.75, 3.05) is 0 Å². The summed E-state index contributed by atoms with van der Waals surface area (Å²) in [7, 11) is 0. The van der Waals surface area contributed by atoms with Crippen molar-refractivity contribution in [3.05, 3.63) is 68.9 Å². The minimum atomic E-state index is -0.741. The largest absolute Gasteiger partial charge is 0.460 e. The summed E-state index contributed by atoms with van der Waals surface area (Å²) < 4.78 is 48.3. The zero-order valence-electron chi connectivity index (χ0n) is 15.1. The van der Waals surface area contributed by atoms with E-state index in [2.05, 4.69) is 31.9 Å². The van der Waals surface area contributed by atoms with Gasteiger partial charge in [-0.1, -0.05) is 38.1 Å². The highest BCUT2D eigenvalue weighted by atomic mass is 79.9. The van der Waals surface area contributed by atoms with Crippen LogP contribution in [-0.2, 0) is 16.1 Å². The number of rotatable bonds is 5. The molecule has 2 aromatic rings. The van der Waals surface area contributed by atoms with E-state index in [9.17, 15) is 18.0 Å². The van der Waals surface area contributed by atoms with Crippen LogP contribution in [0, 0.1) is 34.7 Å². The van der Waals surface area contributed by atoms with Gasteiger partial charge in [-0.15, -0.1) is 0 Å². The second-order valence-electron chi connectivity index (χ2n) is 7.29. The number of halogens is 5. The Morgan fingerprint density at radius 2 is 1.86 bits per heavy atom. The van der Waals surface area contributed by atoms with Gasteiger partial charge in [0.25, 0.3) is 0 Å². The fourth-order valence-corrected chi connectivity index (χ4v) is 3.99. The van der Waals surface area contributed by atoms with Crippen LogP contribution < -0.4 is 0 Å². The third kappa shape index (κ3) is 4.20. The Labute approximate surface area is 178 Å². The van der Waals surface area contributed by atoms with Gasteiger partial charge in [-0.05, 0) is 61.4 Å². The van der Waals surface area contributed by atoms with Crippen LogP contribution in [0.25, 0.3) is 11.1 Å². The van der Waals surface area contributed by atoms with E-state index in [1.807, 2.05) is 19.9 Å². The van der Waals surface area contributed by atoms with E-state index >= 15 is 0 Å². The normalized spacial score (nSPS) is 19.8. The molecule has 0 radical (unpaired) electrons. The highest BCUT2D eigenvalue weighted by Crippen LogP contribution is 2.60. The highest BCUT2D eigenvalue weighted by Gasteiger charge is 2.61. The summed E-state index contributed by atoms with van der Waals surface area (Å²) in [5, 5.41) is 0. The number of hydrogen-bond donors (Lipinski definition) is 0. The number of ether oxygens (including phenoxy) is 1. The summed E-state index contributed by atoms with van der Waals surface area (Å²) in [6, 6.07) is 7.17. The summed E-state index contributed by atoms with van der Waals surface area (Å²) in [6.07, 6.45) is 1.89. The molecule has 2 nitrogen and oxygen atoms in total. The fourth-order valence-electron chi connectivity index (χ4n) is 3.42. The van der Waals surface area contributed by atoms with Crippen LogP contribution in [0.15, 0.2) is 45.9 Å². The smallest absolute Gasteiger partial charge is 0.310 e. The summed E-state index contributed by atoms with van der Waals surface area (Å²) in [4.78, 5) is 12.4. The third-order valence-corrected chi connectivity index (χ3v) is 5.67. The van der Waals surface area contributed by atoms with E-state index in [4.69, 9.17) is 4.74 Å². The van der Waals surface area contributed by atoms with Crippen LogP contribution in [0.3, 0.4) is 0 Å². The van der Waals surface area contributed by atoms with Crippen molar-refractivity contribution in [1.29, 1.82) is 0 Å². The molecule has 7 heteroatoms. The zero-order valence-corrected chi connectivity index (χ0v) is 18.3. The minimum Gasteiger partial charge on any atom is -0.460 e. The number of benzene rings is 2. The van der Waals surface area contributed by atoms with E-state index in [0.717, 1.165) is 21.6 Å². The Balaban J connectivity index is 1.77. The lowest BCUT2D eigenvalue weighted by molar-refractivity contribution is -0.147. The molecule has 2 atom stereocenters. The van der Waals surface area contributed by atoms with Crippen molar-refractivity contribution < 1.29 is 22.7 Å². The average molecular weight is 518 g/mol. The fraction of sp³-hybridized carbons (Fsp3) is 0.286. The molecule has 0 saturated heterocycles. The van der Waals surface area contributed by atoms with Crippen molar-refractivity contribution in [2.45, 2.75) is 20.5 Å². The van der Waals surface area contributed by atoms with Crippen molar-refractivity contribution in [3.8, 4) is 11.1 Å². The third-order valence-electron chi connectivity index (χ3n) is 5.14. The molecule has 3 rings (SSSR count). The van der Waals surface area contributed by atoms with Crippen LogP contribution in [0.2, 0.25) is 0 Å². The quantitative estimate of drug-likeness (QED) is 0.411. The van der Waals surface area contributed by atoms with Crippen LogP contribution in [-0.4, -0.2) is 5.97 Å². The molecule has 1 aliphatic rings. The first-order chi connectivity index (χ1) is 13.1. The molecule has 1 saturated carbocycles. The molecular formula is C21H17Br2F3O2. The Bertz CT molecular complexity index is 953. The standard InChI is InChI=1S/C21H17Br2F3O2/c1-21(2)15(9-17(22)23)18(21)20(27)28-10-11-4-3-5-13(19(11)26)14-8-12(24)6-7-16(14)25/h3-9,15,18H,10H2,1-2H3. The first kappa shape index (κ1) is 21.1. The summed E-state index contributed by atoms with van der Waals surface area (Å²) >= 11 is 6.58. The highest BCUT2D eigenvalue weighted by molar-refractivity contribution is 9.28. The zero-order chi connectivity index (χ0) is 20.6. The topological polar surface area (TPSA) is 26.3 Å². The van der Waals surface area contributed by atoms with Crippen LogP contribution in [0.1, 0.15) is 19.4 Å². The molecule has 0 N–H and O–H groups in total. The minimum absolute atomic E-state index is 0.00585. The monoisotopic (exact) mass is 516 g/mol. The van der Waals surface area contributed by atoms with E-state index in [1.54, 1.807) is 0 Å². The number of esters is 1. The Morgan fingerprint density at radius 1 is 1.14 bits per heavy atom. The van der Waals surface area contributed by atoms with Gasteiger partial charge in [0.15, 0.2) is 0 Å². The van der Waals surface area contributed by atoms with Gasteiger partial charge in [0.05, 0.1) is 9.31 Å². The molecule has 0 amide bonds. The van der Waals surface area contributed by atoms with Crippen molar-refractivity contribution in [1.82, 2.24) is 0 Å². The molecule has 28 heavy (non-hydrogen) atoms. The van der Waals surface area contributed by atoms with Gasteiger partial charge in [0, 0.05) is 16.7 Å². The molecule has 0 aliphatic heterocycles. The molecule has 2 unspecified atom stereocenters. The second-order valence-corrected chi connectivity index (χ2v) is 10.1. The number of carbonyl (C=O) groups excluding carboxylic acids is 1. The van der Waals surface area contributed by atoms with Crippen LogP contribution in [0.5, 0.6) is 0 Å². The maximum Gasteiger partial charge on any atom is 0.310 e. The van der Waals surface area contributed by atoms with Gasteiger partial charge < -0.3 is 4.74 Å². The van der Waals surface area contributed by atoms with E-state index in [1.165, 1.54) is 18.2 Å². The molecule has 0 spiro atoms. The number of allylic oxidation sites excluding steroid dienone is 1. The molecule has 148 valence electrons. The number of hydrogen-bond acceptors (Lipinski definition) is 2. The maximum atomic E-state index is 14.8. The molecule has 0 aromatic heterocycles. The SMILES string of the molecule is CC1(C)C(C=C(Br)Br)C1C(=O)OCc1cccc(-c2cc(F)ccc2F)c1F. The molecule has 0 heterocycles. The Morgan fingerprint density at radius 3 is 2.54 bits per heavy atom. The summed E-state index contributed by atoms with van der Waals surface area (Å²) in [6.45, 7) is 3.63. The van der Waals surface area contributed by atoms with Gasteiger partial charge in [0.1, 0.15) is 24.1 Å². The molecule has 2 aromatic carbocycles. The van der Waals surface area contributed by atoms with Crippen molar-refractivity contribution in [2.24, 2.45) is 17.3 Å². The van der Waals surface area contributed by atoms with Gasteiger partial charge in [0.2, 0.25) is 0 Å². The first-order valence-electron chi connectivity index (χ1n) is 8.55. The molecule has 0 bridgehead atoms. The average Bonchev–Trinajstić information content (AvgIpc) is 3.15. The lowest BCUT2D eigenvalue weighted by atomic mass is 10.0. The predicted molar refractivity (Wildman–Crippen MR) is 108 cm³/mol. The van der Waals surface area contributed by atoms with Gasteiger partial charge in [-0.2, -0.15) is 0 Å². The summed E-state index contributed by atoms with van der Waals surface area (Å²) in [5.41, 5.74) is -0.418. The van der Waals surface area contributed by atoms with Gasteiger partial charge in [-0.25, -0.2) is 13.2 Å². The second kappa shape index (κ2) is 8.03. The lowest BCUT2D eigenvalue weighted by Crippen LogP contribution is -2.11. The van der Waals surface area contributed by atoms with Crippen LogP contribution in [0.4, 0.5) is 13.2 Å². The van der Waals surface area contributed by atoms with Crippen molar-refractivity contribution in [3.63, 3.8) is 0 Å². The van der Waals surface area contributed by atoms with E-state index in [-0.39, 0.29) is 40.5 Å². The predicted octanol–water partition coefficient (Wildman–Crippen LogP) is 6.72. The first-order valence-corrected chi connectivity index (χ1v) is 10.1. The molecule has 1 aliphatic carbocycles. The van der Waals surface area contributed by atoms with E-state index < -0.39 is 23.4 Å². The van der Waals surface area contributed by atoms with Gasteiger partial charge in [-0.3, -0.25) is 4.79 Å².